The Morgan fingerprint density at radius 2 is 1.57 bits per heavy atom. The Bertz CT molecular complexity index is 587. The minimum atomic E-state index is 0.767. The number of anilines is 3. The van der Waals surface area contributed by atoms with Crippen LogP contribution in [0.25, 0.3) is 0 Å². The van der Waals surface area contributed by atoms with Crippen LogP contribution in [0.5, 0.6) is 0 Å². The number of rotatable bonds is 6. The molecule has 0 saturated carbocycles. The lowest BCUT2D eigenvalue weighted by Crippen LogP contribution is -2.06. The van der Waals surface area contributed by atoms with Gasteiger partial charge in [0.1, 0.15) is 17.5 Å². The predicted octanol–water partition coefficient (Wildman–Crippen LogP) is 4.36. The lowest BCUT2D eigenvalue weighted by atomic mass is 10.1. The fourth-order valence-corrected chi connectivity index (χ4v) is 2.31. The van der Waals surface area contributed by atoms with Crippen molar-refractivity contribution in [1.29, 1.82) is 0 Å². The first kappa shape index (κ1) is 15.3. The molecule has 1 aromatic heterocycles. The van der Waals surface area contributed by atoms with Crippen LogP contribution in [0.15, 0.2) is 24.3 Å². The van der Waals surface area contributed by atoms with Gasteiger partial charge in [-0.2, -0.15) is 0 Å². The van der Waals surface area contributed by atoms with E-state index in [-0.39, 0.29) is 0 Å². The number of nitrogens with one attached hydrogen (secondary N) is 2. The van der Waals surface area contributed by atoms with Crippen LogP contribution in [0.2, 0.25) is 0 Å². The zero-order chi connectivity index (χ0) is 15.2. The van der Waals surface area contributed by atoms with Crippen LogP contribution in [0.3, 0.4) is 0 Å². The van der Waals surface area contributed by atoms with Crippen LogP contribution < -0.4 is 10.6 Å². The molecule has 4 heteroatoms. The Kier molecular flexibility index (Phi) is 5.14. The minimum Gasteiger partial charge on any atom is -0.370 e. The third-order valence-electron chi connectivity index (χ3n) is 3.17. The summed E-state index contributed by atoms with van der Waals surface area (Å²) >= 11 is 0. The zero-order valence-electron chi connectivity index (χ0n) is 13.3. The summed E-state index contributed by atoms with van der Waals surface area (Å²) in [6, 6.07) is 8.36. The van der Waals surface area contributed by atoms with Crippen molar-refractivity contribution in [2.75, 3.05) is 17.2 Å². The molecule has 21 heavy (non-hydrogen) atoms. The van der Waals surface area contributed by atoms with E-state index in [0.717, 1.165) is 36.1 Å². The minimum absolute atomic E-state index is 0.767. The van der Waals surface area contributed by atoms with Gasteiger partial charge < -0.3 is 10.6 Å². The van der Waals surface area contributed by atoms with Gasteiger partial charge in [-0.1, -0.05) is 19.4 Å². The van der Waals surface area contributed by atoms with Crippen molar-refractivity contribution in [2.45, 2.75) is 40.5 Å². The highest BCUT2D eigenvalue weighted by Crippen LogP contribution is 2.20. The maximum absolute atomic E-state index is 4.45. The van der Waals surface area contributed by atoms with Gasteiger partial charge in [-0.05, 0) is 50.5 Å². The number of hydrogen-bond acceptors (Lipinski definition) is 4. The number of benzene rings is 1. The first-order valence-corrected chi connectivity index (χ1v) is 7.51. The van der Waals surface area contributed by atoms with E-state index in [4.69, 9.17) is 0 Å². The molecule has 4 nitrogen and oxygen atoms in total. The highest BCUT2D eigenvalue weighted by molar-refractivity contribution is 5.60. The molecule has 0 unspecified atom stereocenters. The number of hydrogen-bond donors (Lipinski definition) is 2. The van der Waals surface area contributed by atoms with Crippen molar-refractivity contribution in [3.8, 4) is 0 Å². The normalized spacial score (nSPS) is 10.5. The third-order valence-corrected chi connectivity index (χ3v) is 3.17. The molecule has 0 fully saturated rings. The summed E-state index contributed by atoms with van der Waals surface area (Å²) in [5, 5.41) is 6.71. The second-order valence-electron chi connectivity index (χ2n) is 5.47. The molecule has 0 atom stereocenters. The van der Waals surface area contributed by atoms with Gasteiger partial charge in [0.15, 0.2) is 0 Å². The van der Waals surface area contributed by atoms with E-state index in [9.17, 15) is 0 Å². The third kappa shape index (κ3) is 4.74. The molecule has 0 aliphatic heterocycles. The van der Waals surface area contributed by atoms with Crippen LogP contribution in [-0.4, -0.2) is 16.5 Å². The number of unbranched alkanes of at least 4 members (excludes halogenated alkanes) is 1. The van der Waals surface area contributed by atoms with Crippen LogP contribution >= 0.6 is 0 Å². The molecule has 0 aliphatic carbocycles. The fourth-order valence-electron chi connectivity index (χ4n) is 2.31. The Morgan fingerprint density at radius 3 is 2.24 bits per heavy atom. The number of aryl methyl sites for hydroxylation is 3. The van der Waals surface area contributed by atoms with Crippen LogP contribution in [-0.2, 0) is 0 Å². The van der Waals surface area contributed by atoms with Gasteiger partial charge in [-0.3, -0.25) is 0 Å². The molecule has 2 N–H and O–H groups in total. The van der Waals surface area contributed by atoms with Gasteiger partial charge in [-0.25, -0.2) is 9.97 Å². The van der Waals surface area contributed by atoms with E-state index in [1.54, 1.807) is 0 Å². The molecule has 0 radical (unpaired) electrons. The van der Waals surface area contributed by atoms with Crippen LogP contribution in [0.4, 0.5) is 17.3 Å². The highest BCUT2D eigenvalue weighted by Gasteiger charge is 2.03. The molecule has 0 saturated heterocycles. The van der Waals surface area contributed by atoms with Crippen molar-refractivity contribution in [3.63, 3.8) is 0 Å². The van der Waals surface area contributed by atoms with Crippen molar-refractivity contribution in [3.05, 3.63) is 41.2 Å². The molecule has 2 rings (SSSR count). The summed E-state index contributed by atoms with van der Waals surface area (Å²) in [6.07, 6.45) is 2.31. The lowest BCUT2D eigenvalue weighted by Gasteiger charge is -2.11. The molecule has 0 spiro atoms. The summed E-state index contributed by atoms with van der Waals surface area (Å²) in [5.41, 5.74) is 3.54. The molecule has 2 aromatic rings. The van der Waals surface area contributed by atoms with E-state index in [1.807, 2.05) is 13.0 Å². The molecule has 0 amide bonds. The van der Waals surface area contributed by atoms with E-state index >= 15 is 0 Å². The Balaban J connectivity index is 2.15. The molecule has 0 bridgehead atoms. The molecule has 112 valence electrons. The topological polar surface area (TPSA) is 49.8 Å². The van der Waals surface area contributed by atoms with Crippen molar-refractivity contribution >= 4 is 17.3 Å². The Hall–Kier alpha value is -2.10. The fraction of sp³-hybridized carbons (Fsp3) is 0.412. The molecular weight excluding hydrogens is 260 g/mol. The SMILES string of the molecule is CCCCNc1cc(Nc2cc(C)cc(C)c2)nc(C)n1. The smallest absolute Gasteiger partial charge is 0.136 e. The van der Waals surface area contributed by atoms with E-state index in [0.29, 0.717) is 0 Å². The first-order chi connectivity index (χ1) is 10.1. The van der Waals surface area contributed by atoms with Gasteiger partial charge in [-0.15, -0.1) is 0 Å². The highest BCUT2D eigenvalue weighted by atomic mass is 15.1. The van der Waals surface area contributed by atoms with Crippen molar-refractivity contribution < 1.29 is 0 Å². The van der Waals surface area contributed by atoms with Crippen molar-refractivity contribution in [2.24, 2.45) is 0 Å². The average molecular weight is 284 g/mol. The van der Waals surface area contributed by atoms with E-state index in [2.05, 4.69) is 59.6 Å². The average Bonchev–Trinajstić information content (AvgIpc) is 2.37. The lowest BCUT2D eigenvalue weighted by molar-refractivity contribution is 0.829. The van der Waals surface area contributed by atoms with E-state index < -0.39 is 0 Å². The standard InChI is InChI=1S/C17H24N4/c1-5-6-7-18-16-11-17(20-14(4)19-16)21-15-9-12(2)8-13(3)10-15/h8-11H,5-7H2,1-4H3,(H2,18,19,20,21). The zero-order valence-corrected chi connectivity index (χ0v) is 13.3. The maximum Gasteiger partial charge on any atom is 0.136 e. The van der Waals surface area contributed by atoms with Crippen molar-refractivity contribution in [1.82, 2.24) is 9.97 Å². The first-order valence-electron chi connectivity index (χ1n) is 7.51. The second kappa shape index (κ2) is 7.07. The Labute approximate surface area is 127 Å². The van der Waals surface area contributed by atoms with Gasteiger partial charge in [0.2, 0.25) is 0 Å². The Morgan fingerprint density at radius 1 is 0.905 bits per heavy atom. The molecule has 1 heterocycles. The van der Waals surface area contributed by atoms with Gasteiger partial charge >= 0.3 is 0 Å². The monoisotopic (exact) mass is 284 g/mol. The molecule has 1 aromatic carbocycles. The predicted molar refractivity (Wildman–Crippen MR) is 89.4 cm³/mol. The van der Waals surface area contributed by atoms with Gasteiger partial charge in [0, 0.05) is 18.3 Å². The summed E-state index contributed by atoms with van der Waals surface area (Å²) < 4.78 is 0. The molecule has 0 aliphatic rings. The van der Waals surface area contributed by atoms with Crippen LogP contribution in [0.1, 0.15) is 36.7 Å². The van der Waals surface area contributed by atoms with Crippen LogP contribution in [0, 0.1) is 20.8 Å². The van der Waals surface area contributed by atoms with Gasteiger partial charge in [0.05, 0.1) is 0 Å². The maximum atomic E-state index is 4.45. The van der Waals surface area contributed by atoms with E-state index in [1.165, 1.54) is 17.5 Å². The number of nitrogens with zero attached hydrogens (tertiary/aromatic N) is 2. The molecular formula is C17H24N4. The summed E-state index contributed by atoms with van der Waals surface area (Å²) in [6.45, 7) is 9.23. The largest absolute Gasteiger partial charge is 0.370 e. The summed E-state index contributed by atoms with van der Waals surface area (Å²) in [4.78, 5) is 8.87. The number of aromatic nitrogens is 2. The van der Waals surface area contributed by atoms with Gasteiger partial charge in [0.25, 0.3) is 0 Å². The second-order valence-corrected chi connectivity index (χ2v) is 5.47. The summed E-state index contributed by atoms with van der Waals surface area (Å²) in [5.74, 6) is 2.47. The quantitative estimate of drug-likeness (QED) is 0.774. The summed E-state index contributed by atoms with van der Waals surface area (Å²) in [7, 11) is 0.